The van der Waals surface area contributed by atoms with Crippen molar-refractivity contribution in [1.82, 2.24) is 10.4 Å². The number of fused-ring (bicyclic) bond motifs is 1. The summed E-state index contributed by atoms with van der Waals surface area (Å²) in [6.45, 7) is 0. The van der Waals surface area contributed by atoms with Crippen LogP contribution in [0.2, 0.25) is 0 Å². The number of halogens is 1. The van der Waals surface area contributed by atoms with Crippen LogP contribution in [-0.4, -0.2) is 17.1 Å². The molecular formula is C16H12BrN3O. The lowest BCUT2D eigenvalue weighted by Crippen LogP contribution is -2.17. The van der Waals surface area contributed by atoms with Crippen LogP contribution >= 0.6 is 15.9 Å². The van der Waals surface area contributed by atoms with Crippen LogP contribution in [0.1, 0.15) is 15.9 Å². The van der Waals surface area contributed by atoms with Crippen molar-refractivity contribution in [2.75, 3.05) is 0 Å². The molecule has 5 heteroatoms. The minimum atomic E-state index is -0.237. The number of aromatic amines is 1. The van der Waals surface area contributed by atoms with E-state index in [0.717, 1.165) is 20.9 Å². The molecule has 0 aliphatic rings. The Morgan fingerprint density at radius 1 is 1.14 bits per heavy atom. The summed E-state index contributed by atoms with van der Waals surface area (Å²) in [4.78, 5) is 15.1. The molecule has 1 heterocycles. The van der Waals surface area contributed by atoms with E-state index in [0.29, 0.717) is 5.56 Å². The second kappa shape index (κ2) is 5.93. The highest BCUT2D eigenvalue weighted by Gasteiger charge is 2.03. The number of carbonyl (C=O) groups excluding carboxylic acids is 1. The molecule has 0 spiro atoms. The Morgan fingerprint density at radius 3 is 2.71 bits per heavy atom. The van der Waals surface area contributed by atoms with E-state index in [1.165, 1.54) is 0 Å². The largest absolute Gasteiger partial charge is 0.361 e. The number of amides is 1. The van der Waals surface area contributed by atoms with E-state index < -0.39 is 0 Å². The van der Waals surface area contributed by atoms with Crippen LogP contribution in [0.5, 0.6) is 0 Å². The van der Waals surface area contributed by atoms with E-state index in [1.807, 2.05) is 42.6 Å². The van der Waals surface area contributed by atoms with E-state index in [2.05, 4.69) is 31.4 Å². The quantitative estimate of drug-likeness (QED) is 0.553. The molecule has 0 radical (unpaired) electrons. The highest BCUT2D eigenvalue weighted by atomic mass is 79.9. The number of carbonyl (C=O) groups is 1. The number of para-hydroxylation sites is 1. The molecule has 4 nitrogen and oxygen atoms in total. The van der Waals surface area contributed by atoms with Gasteiger partial charge in [0, 0.05) is 32.7 Å². The van der Waals surface area contributed by atoms with Crippen molar-refractivity contribution in [2.24, 2.45) is 5.10 Å². The maximum Gasteiger partial charge on any atom is 0.271 e. The van der Waals surface area contributed by atoms with Gasteiger partial charge < -0.3 is 4.98 Å². The lowest BCUT2D eigenvalue weighted by Gasteiger charge is -1.99. The topological polar surface area (TPSA) is 57.2 Å². The van der Waals surface area contributed by atoms with Gasteiger partial charge in [0.25, 0.3) is 5.91 Å². The van der Waals surface area contributed by atoms with Gasteiger partial charge >= 0.3 is 0 Å². The summed E-state index contributed by atoms with van der Waals surface area (Å²) in [6.07, 6.45) is 3.50. The molecule has 0 atom stereocenters. The van der Waals surface area contributed by atoms with Gasteiger partial charge in [0.1, 0.15) is 0 Å². The van der Waals surface area contributed by atoms with Gasteiger partial charge in [-0.15, -0.1) is 0 Å². The summed E-state index contributed by atoms with van der Waals surface area (Å²) < 4.78 is 0.932. The molecule has 2 N–H and O–H groups in total. The van der Waals surface area contributed by atoms with Crippen molar-refractivity contribution >= 4 is 39.0 Å². The Labute approximate surface area is 130 Å². The minimum absolute atomic E-state index is 0.237. The Balaban J connectivity index is 1.72. The fraction of sp³-hybridized carbons (Fsp3) is 0. The van der Waals surface area contributed by atoms with Gasteiger partial charge in [0.05, 0.1) is 6.21 Å². The van der Waals surface area contributed by atoms with Crippen LogP contribution in [0.25, 0.3) is 10.9 Å². The van der Waals surface area contributed by atoms with E-state index in [-0.39, 0.29) is 5.91 Å². The first-order chi connectivity index (χ1) is 10.2. The predicted octanol–water partition coefficient (Wildman–Crippen LogP) is 3.69. The summed E-state index contributed by atoms with van der Waals surface area (Å²) >= 11 is 3.33. The predicted molar refractivity (Wildman–Crippen MR) is 87.5 cm³/mol. The van der Waals surface area contributed by atoms with Crippen molar-refractivity contribution in [3.05, 3.63) is 70.3 Å². The molecule has 2 aromatic carbocycles. The molecule has 21 heavy (non-hydrogen) atoms. The molecule has 0 saturated carbocycles. The monoisotopic (exact) mass is 341 g/mol. The molecule has 1 amide bonds. The number of benzene rings is 2. The van der Waals surface area contributed by atoms with E-state index >= 15 is 0 Å². The number of aromatic nitrogens is 1. The summed E-state index contributed by atoms with van der Waals surface area (Å²) in [7, 11) is 0. The van der Waals surface area contributed by atoms with Crippen LogP contribution in [0, 0.1) is 0 Å². The molecule has 3 aromatic rings. The second-order valence-electron chi connectivity index (χ2n) is 4.50. The average molecular weight is 342 g/mol. The fourth-order valence-corrected chi connectivity index (χ4v) is 2.29. The van der Waals surface area contributed by atoms with E-state index in [1.54, 1.807) is 18.3 Å². The third-order valence-electron chi connectivity index (χ3n) is 3.10. The molecule has 0 unspecified atom stereocenters. The maximum absolute atomic E-state index is 11.9. The molecule has 0 aliphatic heterocycles. The van der Waals surface area contributed by atoms with Crippen molar-refractivity contribution < 1.29 is 4.79 Å². The highest BCUT2D eigenvalue weighted by Crippen LogP contribution is 2.15. The van der Waals surface area contributed by atoms with Crippen molar-refractivity contribution in [1.29, 1.82) is 0 Å². The Hall–Kier alpha value is -2.40. The lowest BCUT2D eigenvalue weighted by atomic mass is 10.2. The molecule has 0 saturated heterocycles. The Bertz CT molecular complexity index is 806. The van der Waals surface area contributed by atoms with Crippen molar-refractivity contribution in [3.8, 4) is 0 Å². The maximum atomic E-state index is 11.9. The fourth-order valence-electron chi connectivity index (χ4n) is 2.03. The molecule has 0 fully saturated rings. The molecule has 3 rings (SSSR count). The zero-order chi connectivity index (χ0) is 14.7. The molecule has 1 aromatic heterocycles. The first-order valence-corrected chi connectivity index (χ1v) is 7.18. The standard InChI is InChI=1S/C16H12BrN3O/c17-13-7-5-11(6-8-13)16(21)20-19-10-12-9-18-15-4-2-1-3-14(12)15/h1-10,18H,(H,20,21)/b19-10+. The van der Waals surface area contributed by atoms with Gasteiger partial charge in [-0.05, 0) is 30.3 Å². The Morgan fingerprint density at radius 2 is 1.90 bits per heavy atom. The minimum Gasteiger partial charge on any atom is -0.361 e. The van der Waals surface area contributed by atoms with Gasteiger partial charge in [0.2, 0.25) is 0 Å². The number of nitrogens with one attached hydrogen (secondary N) is 2. The van der Waals surface area contributed by atoms with Crippen molar-refractivity contribution in [3.63, 3.8) is 0 Å². The lowest BCUT2D eigenvalue weighted by molar-refractivity contribution is 0.0955. The van der Waals surface area contributed by atoms with E-state index in [9.17, 15) is 4.79 Å². The molecule has 0 aliphatic carbocycles. The van der Waals surface area contributed by atoms with Crippen LogP contribution < -0.4 is 5.43 Å². The van der Waals surface area contributed by atoms with Crippen molar-refractivity contribution in [2.45, 2.75) is 0 Å². The zero-order valence-corrected chi connectivity index (χ0v) is 12.6. The zero-order valence-electron chi connectivity index (χ0n) is 11.0. The number of H-pyrrole nitrogens is 1. The van der Waals surface area contributed by atoms with Crippen LogP contribution in [0.15, 0.2) is 64.3 Å². The average Bonchev–Trinajstić information content (AvgIpc) is 2.91. The van der Waals surface area contributed by atoms with Gasteiger partial charge in [0.15, 0.2) is 0 Å². The number of hydrazone groups is 1. The number of hydrogen-bond donors (Lipinski definition) is 2. The SMILES string of the molecule is O=C(N/N=C/c1c[nH]c2ccccc12)c1ccc(Br)cc1. The summed E-state index contributed by atoms with van der Waals surface area (Å²) in [5, 5.41) is 5.08. The number of nitrogens with zero attached hydrogens (tertiary/aromatic N) is 1. The number of hydrogen-bond acceptors (Lipinski definition) is 2. The summed E-state index contributed by atoms with van der Waals surface area (Å²) in [5.41, 5.74) is 5.06. The second-order valence-corrected chi connectivity index (χ2v) is 5.41. The van der Waals surface area contributed by atoms with Crippen LogP contribution in [0.4, 0.5) is 0 Å². The normalized spacial score (nSPS) is 11.1. The summed E-state index contributed by atoms with van der Waals surface area (Å²) in [5.74, 6) is -0.237. The van der Waals surface area contributed by atoms with Gasteiger partial charge in [-0.25, -0.2) is 5.43 Å². The molecule has 0 bridgehead atoms. The smallest absolute Gasteiger partial charge is 0.271 e. The van der Waals surface area contributed by atoms with Gasteiger partial charge in [-0.3, -0.25) is 4.79 Å². The van der Waals surface area contributed by atoms with Crippen LogP contribution in [-0.2, 0) is 0 Å². The molecular weight excluding hydrogens is 330 g/mol. The third-order valence-corrected chi connectivity index (χ3v) is 3.63. The third kappa shape index (κ3) is 3.03. The first-order valence-electron chi connectivity index (χ1n) is 6.39. The Kier molecular flexibility index (Phi) is 3.83. The first kappa shape index (κ1) is 13.6. The van der Waals surface area contributed by atoms with Crippen LogP contribution in [0.3, 0.4) is 0 Å². The van der Waals surface area contributed by atoms with Gasteiger partial charge in [-0.2, -0.15) is 5.10 Å². The molecule has 104 valence electrons. The summed E-state index contributed by atoms with van der Waals surface area (Å²) in [6, 6.07) is 15.0. The van der Waals surface area contributed by atoms with E-state index in [4.69, 9.17) is 0 Å². The highest BCUT2D eigenvalue weighted by molar-refractivity contribution is 9.10. The number of rotatable bonds is 3. The van der Waals surface area contributed by atoms with Gasteiger partial charge in [-0.1, -0.05) is 34.1 Å².